The van der Waals surface area contributed by atoms with E-state index in [0.29, 0.717) is 16.7 Å². The SMILES string of the molecule is Cc1ccc(NC(=O)CC2C(=O)N(Cc3ccccn3)c3nc4ccccc4n32)cc1Cl. The minimum absolute atomic E-state index is 0.0175. The Balaban J connectivity index is 1.46. The molecular weight excluding hydrogens is 426 g/mol. The van der Waals surface area contributed by atoms with Crippen molar-refractivity contribution in [2.45, 2.75) is 25.9 Å². The number of hydrogen-bond donors (Lipinski definition) is 1. The number of rotatable bonds is 5. The van der Waals surface area contributed by atoms with E-state index in [1.54, 1.807) is 23.2 Å². The Labute approximate surface area is 189 Å². The van der Waals surface area contributed by atoms with Gasteiger partial charge in [-0.15, -0.1) is 0 Å². The molecule has 1 atom stereocenters. The van der Waals surface area contributed by atoms with E-state index in [2.05, 4.69) is 15.3 Å². The monoisotopic (exact) mass is 445 g/mol. The molecule has 2 aromatic heterocycles. The van der Waals surface area contributed by atoms with Crippen molar-refractivity contribution in [1.82, 2.24) is 14.5 Å². The van der Waals surface area contributed by atoms with Crippen molar-refractivity contribution in [3.8, 4) is 0 Å². The van der Waals surface area contributed by atoms with Gasteiger partial charge in [0.25, 0.3) is 5.91 Å². The fourth-order valence-corrected chi connectivity index (χ4v) is 4.14. The number of nitrogens with zero attached hydrogens (tertiary/aromatic N) is 4. The number of halogens is 1. The summed E-state index contributed by atoms with van der Waals surface area (Å²) in [4.78, 5) is 36.9. The van der Waals surface area contributed by atoms with Gasteiger partial charge in [-0.3, -0.25) is 24.0 Å². The van der Waals surface area contributed by atoms with Crippen LogP contribution in [0.3, 0.4) is 0 Å². The highest BCUT2D eigenvalue weighted by molar-refractivity contribution is 6.31. The number of pyridine rings is 1. The molecule has 1 aliphatic heterocycles. The molecule has 0 saturated carbocycles. The number of anilines is 2. The minimum atomic E-state index is -0.693. The molecule has 5 rings (SSSR count). The molecule has 32 heavy (non-hydrogen) atoms. The number of nitrogens with one attached hydrogen (secondary N) is 1. The maximum atomic E-state index is 13.4. The van der Waals surface area contributed by atoms with Crippen molar-refractivity contribution in [3.63, 3.8) is 0 Å². The highest BCUT2D eigenvalue weighted by Crippen LogP contribution is 2.37. The third-order valence-corrected chi connectivity index (χ3v) is 5.97. The number of hydrogen-bond acceptors (Lipinski definition) is 4. The Morgan fingerprint density at radius 3 is 2.72 bits per heavy atom. The predicted molar refractivity (Wildman–Crippen MR) is 124 cm³/mol. The van der Waals surface area contributed by atoms with Gasteiger partial charge in [-0.2, -0.15) is 0 Å². The number of para-hydroxylation sites is 2. The number of aromatic nitrogens is 3. The molecule has 0 spiro atoms. The fraction of sp³-hybridized carbons (Fsp3) is 0.167. The summed E-state index contributed by atoms with van der Waals surface area (Å²) in [6.07, 6.45) is 1.67. The van der Waals surface area contributed by atoms with Crippen molar-refractivity contribution in [1.29, 1.82) is 0 Å². The normalized spacial score (nSPS) is 15.2. The van der Waals surface area contributed by atoms with Gasteiger partial charge in [0.1, 0.15) is 6.04 Å². The molecule has 7 nitrogen and oxygen atoms in total. The summed E-state index contributed by atoms with van der Waals surface area (Å²) in [5, 5.41) is 3.43. The second-order valence-electron chi connectivity index (χ2n) is 7.75. The summed E-state index contributed by atoms with van der Waals surface area (Å²) in [6.45, 7) is 2.18. The predicted octanol–water partition coefficient (Wildman–Crippen LogP) is 4.51. The zero-order chi connectivity index (χ0) is 22.2. The number of aryl methyl sites for hydroxylation is 1. The van der Waals surface area contributed by atoms with Gasteiger partial charge in [0.05, 0.1) is 29.7 Å². The summed E-state index contributed by atoms with van der Waals surface area (Å²) >= 11 is 6.17. The van der Waals surface area contributed by atoms with Crippen molar-refractivity contribution in [3.05, 3.63) is 83.1 Å². The first kappa shape index (κ1) is 20.2. The lowest BCUT2D eigenvalue weighted by Gasteiger charge is -2.15. The second kappa shape index (κ2) is 8.09. The van der Waals surface area contributed by atoms with Crippen molar-refractivity contribution >= 4 is 46.1 Å². The van der Waals surface area contributed by atoms with Gasteiger partial charge >= 0.3 is 0 Å². The van der Waals surface area contributed by atoms with Crippen LogP contribution in [-0.4, -0.2) is 26.3 Å². The van der Waals surface area contributed by atoms with Crippen LogP contribution in [0.25, 0.3) is 11.0 Å². The van der Waals surface area contributed by atoms with E-state index in [4.69, 9.17) is 11.6 Å². The fourth-order valence-electron chi connectivity index (χ4n) is 3.96. The van der Waals surface area contributed by atoms with Crippen LogP contribution in [0.5, 0.6) is 0 Å². The number of amides is 2. The Kier molecular flexibility index (Phi) is 5.11. The molecule has 1 aliphatic rings. The number of fused-ring (bicyclic) bond motifs is 3. The largest absolute Gasteiger partial charge is 0.326 e. The summed E-state index contributed by atoms with van der Waals surface area (Å²) in [5.74, 6) is 0.0747. The molecule has 1 unspecified atom stereocenters. The van der Waals surface area contributed by atoms with Gasteiger partial charge in [0.15, 0.2) is 0 Å². The van der Waals surface area contributed by atoms with Gasteiger partial charge < -0.3 is 5.32 Å². The van der Waals surface area contributed by atoms with Crippen LogP contribution < -0.4 is 10.2 Å². The minimum Gasteiger partial charge on any atom is -0.326 e. The zero-order valence-corrected chi connectivity index (χ0v) is 18.1. The molecule has 0 radical (unpaired) electrons. The maximum Gasteiger partial charge on any atom is 0.253 e. The van der Waals surface area contributed by atoms with Gasteiger partial charge in [-0.05, 0) is 48.9 Å². The van der Waals surface area contributed by atoms with E-state index in [1.807, 2.05) is 60.0 Å². The molecular formula is C24H20ClN5O2. The summed E-state index contributed by atoms with van der Waals surface area (Å²) in [7, 11) is 0. The number of benzene rings is 2. The molecule has 0 aliphatic carbocycles. The Morgan fingerprint density at radius 1 is 1.12 bits per heavy atom. The summed E-state index contributed by atoms with van der Waals surface area (Å²) in [6, 6.07) is 17.8. The van der Waals surface area contributed by atoms with Crippen molar-refractivity contribution in [2.24, 2.45) is 0 Å². The van der Waals surface area contributed by atoms with Crippen LogP contribution in [0.4, 0.5) is 11.6 Å². The highest BCUT2D eigenvalue weighted by Gasteiger charge is 2.41. The number of imidazole rings is 1. The first-order chi connectivity index (χ1) is 15.5. The Morgan fingerprint density at radius 2 is 1.94 bits per heavy atom. The van der Waals surface area contributed by atoms with Crippen LogP contribution in [0.15, 0.2) is 66.9 Å². The van der Waals surface area contributed by atoms with Crippen molar-refractivity contribution < 1.29 is 9.59 Å². The first-order valence-electron chi connectivity index (χ1n) is 10.3. The second-order valence-corrected chi connectivity index (χ2v) is 8.16. The van der Waals surface area contributed by atoms with Crippen molar-refractivity contribution in [2.75, 3.05) is 10.2 Å². The van der Waals surface area contributed by atoms with Crippen LogP contribution in [0.2, 0.25) is 5.02 Å². The van der Waals surface area contributed by atoms with E-state index >= 15 is 0 Å². The lowest BCUT2D eigenvalue weighted by molar-refractivity contribution is -0.124. The third kappa shape index (κ3) is 3.61. The molecule has 2 aromatic carbocycles. The molecule has 0 saturated heterocycles. The van der Waals surface area contributed by atoms with E-state index in [-0.39, 0.29) is 24.8 Å². The molecule has 2 amide bonds. The standard InChI is InChI=1S/C24H20ClN5O2/c1-15-9-10-16(12-18(15)25)27-22(31)13-21-23(32)29(14-17-6-4-5-11-26-17)24-28-19-7-2-3-8-20(19)30(21)24/h2-12,21H,13-14H2,1H3,(H,27,31). The van der Waals surface area contributed by atoms with Gasteiger partial charge in [-0.1, -0.05) is 35.9 Å². The maximum absolute atomic E-state index is 13.4. The van der Waals surface area contributed by atoms with Gasteiger partial charge in [0.2, 0.25) is 11.9 Å². The topological polar surface area (TPSA) is 80.1 Å². The quantitative estimate of drug-likeness (QED) is 0.490. The van der Waals surface area contributed by atoms with Gasteiger partial charge in [-0.25, -0.2) is 4.98 Å². The van der Waals surface area contributed by atoms with Crippen LogP contribution in [0.1, 0.15) is 23.7 Å². The summed E-state index contributed by atoms with van der Waals surface area (Å²) in [5.41, 5.74) is 3.86. The molecule has 0 bridgehead atoms. The molecule has 3 heterocycles. The number of carbonyl (C=O) groups is 2. The molecule has 160 valence electrons. The first-order valence-corrected chi connectivity index (χ1v) is 10.6. The lowest BCUT2D eigenvalue weighted by Crippen LogP contribution is -2.31. The highest BCUT2D eigenvalue weighted by atomic mass is 35.5. The summed E-state index contributed by atoms with van der Waals surface area (Å²) < 4.78 is 1.85. The van der Waals surface area contributed by atoms with Crippen LogP contribution >= 0.6 is 11.6 Å². The molecule has 1 N–H and O–H groups in total. The van der Waals surface area contributed by atoms with E-state index in [9.17, 15) is 9.59 Å². The van der Waals surface area contributed by atoms with Crippen LogP contribution in [0, 0.1) is 6.92 Å². The molecule has 0 fully saturated rings. The third-order valence-electron chi connectivity index (χ3n) is 5.56. The number of carbonyl (C=O) groups excluding carboxylic acids is 2. The smallest absolute Gasteiger partial charge is 0.253 e. The Bertz CT molecular complexity index is 1330. The zero-order valence-electron chi connectivity index (χ0n) is 17.3. The Hall–Kier alpha value is -3.71. The van der Waals surface area contributed by atoms with E-state index in [0.717, 1.165) is 22.3 Å². The molecule has 4 aromatic rings. The lowest BCUT2D eigenvalue weighted by atomic mass is 10.1. The van der Waals surface area contributed by atoms with E-state index in [1.165, 1.54) is 0 Å². The average molecular weight is 446 g/mol. The molecule has 8 heteroatoms. The van der Waals surface area contributed by atoms with E-state index < -0.39 is 6.04 Å². The van der Waals surface area contributed by atoms with Gasteiger partial charge in [0, 0.05) is 16.9 Å². The van der Waals surface area contributed by atoms with Crippen LogP contribution in [-0.2, 0) is 16.1 Å². The average Bonchev–Trinajstić information content (AvgIpc) is 3.28.